The molecule has 1 aliphatic rings. The van der Waals surface area contributed by atoms with Crippen molar-refractivity contribution in [3.8, 4) is 0 Å². The fourth-order valence-corrected chi connectivity index (χ4v) is 2.59. The van der Waals surface area contributed by atoms with Gasteiger partial charge in [0.2, 0.25) is 5.91 Å². The molecule has 2 atom stereocenters. The Kier molecular flexibility index (Phi) is 3.31. The third kappa shape index (κ3) is 2.60. The average Bonchev–Trinajstić information content (AvgIpc) is 2.99. The van der Waals surface area contributed by atoms with E-state index >= 15 is 0 Å². The van der Waals surface area contributed by atoms with Gasteiger partial charge in [0, 0.05) is 25.0 Å². The third-order valence-electron chi connectivity index (χ3n) is 3.80. The molecule has 2 unspecified atom stereocenters. The minimum absolute atomic E-state index is 0.135. The minimum Gasteiger partial charge on any atom is -0.352 e. The molecule has 1 aliphatic heterocycles. The van der Waals surface area contributed by atoms with Crippen LogP contribution in [0.1, 0.15) is 31.4 Å². The summed E-state index contributed by atoms with van der Waals surface area (Å²) in [5.41, 5.74) is 2.55. The number of aromatic amines is 2. The quantitative estimate of drug-likeness (QED) is 0.664. The van der Waals surface area contributed by atoms with Crippen LogP contribution in [0.25, 0.3) is 11.0 Å². The van der Waals surface area contributed by atoms with Crippen molar-refractivity contribution in [2.75, 3.05) is 6.54 Å². The van der Waals surface area contributed by atoms with Crippen LogP contribution < -0.4 is 16.3 Å². The first kappa shape index (κ1) is 12.9. The van der Waals surface area contributed by atoms with E-state index in [4.69, 9.17) is 0 Å². The van der Waals surface area contributed by atoms with Crippen LogP contribution >= 0.6 is 0 Å². The highest BCUT2D eigenvalue weighted by molar-refractivity contribution is 5.78. The lowest BCUT2D eigenvalue weighted by atomic mass is 10.1. The lowest BCUT2D eigenvalue weighted by Crippen LogP contribution is -2.36. The topological polar surface area (TPSA) is 89.8 Å². The summed E-state index contributed by atoms with van der Waals surface area (Å²) in [5.74, 6) is 0.135. The Morgan fingerprint density at radius 3 is 2.85 bits per heavy atom. The standard InChI is InChI=1S/C14H18N4O2/c1-8(15-7-10-3-5-13(19)16-10)9-2-4-11-12(6-9)18-14(20)17-11/h2,4,6,8,10,15H,3,5,7H2,1H3,(H,16,19)(H2,17,18,20). The maximum atomic E-state index is 11.2. The van der Waals surface area contributed by atoms with Crippen LogP contribution in [-0.2, 0) is 4.79 Å². The summed E-state index contributed by atoms with van der Waals surface area (Å²) in [7, 11) is 0. The molecule has 106 valence electrons. The molecule has 1 fully saturated rings. The van der Waals surface area contributed by atoms with Crippen LogP contribution in [0.2, 0.25) is 0 Å². The number of fused-ring (bicyclic) bond motifs is 1. The highest BCUT2D eigenvalue weighted by atomic mass is 16.2. The summed E-state index contributed by atoms with van der Waals surface area (Å²) in [6.45, 7) is 2.83. The highest BCUT2D eigenvalue weighted by Gasteiger charge is 2.20. The third-order valence-corrected chi connectivity index (χ3v) is 3.80. The molecule has 2 heterocycles. The van der Waals surface area contributed by atoms with Crippen LogP contribution in [0.5, 0.6) is 0 Å². The number of imidazole rings is 1. The van der Waals surface area contributed by atoms with Gasteiger partial charge in [-0.15, -0.1) is 0 Å². The average molecular weight is 274 g/mol. The number of carbonyl (C=O) groups is 1. The minimum atomic E-state index is -0.188. The first-order chi connectivity index (χ1) is 9.61. The second-order valence-corrected chi connectivity index (χ2v) is 5.32. The Hall–Kier alpha value is -2.08. The summed E-state index contributed by atoms with van der Waals surface area (Å²) in [4.78, 5) is 27.9. The van der Waals surface area contributed by atoms with Crippen molar-refractivity contribution in [2.24, 2.45) is 0 Å². The molecule has 1 aromatic heterocycles. The lowest BCUT2D eigenvalue weighted by molar-refractivity contribution is -0.119. The van der Waals surface area contributed by atoms with E-state index in [1.165, 1.54) is 0 Å². The van der Waals surface area contributed by atoms with E-state index in [9.17, 15) is 9.59 Å². The number of aromatic nitrogens is 2. The molecule has 2 aromatic rings. The molecule has 1 saturated heterocycles. The molecule has 1 aromatic carbocycles. The van der Waals surface area contributed by atoms with E-state index in [-0.39, 0.29) is 23.7 Å². The first-order valence-electron chi connectivity index (χ1n) is 6.86. The van der Waals surface area contributed by atoms with E-state index in [2.05, 4.69) is 27.5 Å². The van der Waals surface area contributed by atoms with Crippen molar-refractivity contribution in [3.63, 3.8) is 0 Å². The predicted octanol–water partition coefficient (Wildman–Crippen LogP) is 0.785. The van der Waals surface area contributed by atoms with Gasteiger partial charge in [-0.05, 0) is 31.0 Å². The maximum Gasteiger partial charge on any atom is 0.323 e. The van der Waals surface area contributed by atoms with Crippen LogP contribution in [0, 0.1) is 0 Å². The summed E-state index contributed by atoms with van der Waals surface area (Å²) in [6.07, 6.45) is 1.51. The van der Waals surface area contributed by atoms with Gasteiger partial charge in [-0.3, -0.25) is 4.79 Å². The Morgan fingerprint density at radius 2 is 2.10 bits per heavy atom. The van der Waals surface area contributed by atoms with E-state index in [1.54, 1.807) is 0 Å². The molecule has 0 bridgehead atoms. The van der Waals surface area contributed by atoms with Gasteiger partial charge in [0.15, 0.2) is 0 Å². The first-order valence-corrected chi connectivity index (χ1v) is 6.86. The largest absolute Gasteiger partial charge is 0.352 e. The number of nitrogens with one attached hydrogen (secondary N) is 4. The Bertz CT molecular complexity index is 688. The van der Waals surface area contributed by atoms with Crippen LogP contribution in [0.4, 0.5) is 0 Å². The van der Waals surface area contributed by atoms with E-state index in [0.717, 1.165) is 29.6 Å². The molecule has 20 heavy (non-hydrogen) atoms. The molecule has 4 N–H and O–H groups in total. The fraction of sp³-hybridized carbons (Fsp3) is 0.429. The number of benzene rings is 1. The summed E-state index contributed by atoms with van der Waals surface area (Å²) >= 11 is 0. The van der Waals surface area contributed by atoms with Crippen molar-refractivity contribution in [3.05, 3.63) is 34.2 Å². The van der Waals surface area contributed by atoms with Gasteiger partial charge in [-0.1, -0.05) is 6.07 Å². The molecule has 0 radical (unpaired) electrons. The fourth-order valence-electron chi connectivity index (χ4n) is 2.59. The Balaban J connectivity index is 1.67. The number of hydrogen-bond donors (Lipinski definition) is 4. The van der Waals surface area contributed by atoms with E-state index in [0.29, 0.717) is 6.42 Å². The number of rotatable bonds is 4. The number of H-pyrrole nitrogens is 2. The zero-order valence-electron chi connectivity index (χ0n) is 11.3. The maximum absolute atomic E-state index is 11.2. The summed E-state index contributed by atoms with van der Waals surface area (Å²) < 4.78 is 0. The van der Waals surface area contributed by atoms with Crippen molar-refractivity contribution in [1.29, 1.82) is 0 Å². The van der Waals surface area contributed by atoms with Crippen molar-refractivity contribution in [1.82, 2.24) is 20.6 Å². The van der Waals surface area contributed by atoms with E-state index < -0.39 is 0 Å². The second-order valence-electron chi connectivity index (χ2n) is 5.32. The predicted molar refractivity (Wildman–Crippen MR) is 76.5 cm³/mol. The zero-order valence-corrected chi connectivity index (χ0v) is 11.3. The number of carbonyl (C=O) groups excluding carboxylic acids is 1. The van der Waals surface area contributed by atoms with Crippen molar-refractivity contribution < 1.29 is 4.79 Å². The van der Waals surface area contributed by atoms with Gasteiger partial charge >= 0.3 is 5.69 Å². The highest BCUT2D eigenvalue weighted by Crippen LogP contribution is 2.17. The molecule has 0 aliphatic carbocycles. The van der Waals surface area contributed by atoms with Gasteiger partial charge in [0.25, 0.3) is 0 Å². The monoisotopic (exact) mass is 274 g/mol. The SMILES string of the molecule is CC(NCC1CCC(=O)N1)c1ccc2[nH]c(=O)[nH]c2c1. The van der Waals surface area contributed by atoms with Gasteiger partial charge in [-0.25, -0.2) is 4.79 Å². The van der Waals surface area contributed by atoms with Crippen LogP contribution in [0.15, 0.2) is 23.0 Å². The number of amides is 1. The van der Waals surface area contributed by atoms with Crippen molar-refractivity contribution >= 4 is 16.9 Å². The Morgan fingerprint density at radius 1 is 1.30 bits per heavy atom. The lowest BCUT2D eigenvalue weighted by Gasteiger charge is -2.17. The van der Waals surface area contributed by atoms with Gasteiger partial charge in [0.05, 0.1) is 11.0 Å². The molecule has 0 saturated carbocycles. The molecule has 6 heteroatoms. The van der Waals surface area contributed by atoms with Gasteiger partial charge in [-0.2, -0.15) is 0 Å². The summed E-state index contributed by atoms with van der Waals surface area (Å²) in [5, 5.41) is 6.36. The Labute approximate surface area is 116 Å². The zero-order chi connectivity index (χ0) is 14.1. The van der Waals surface area contributed by atoms with E-state index in [1.807, 2.05) is 18.2 Å². The molecule has 6 nitrogen and oxygen atoms in total. The number of hydrogen-bond acceptors (Lipinski definition) is 3. The van der Waals surface area contributed by atoms with Gasteiger partial charge in [0.1, 0.15) is 0 Å². The molecule has 3 rings (SSSR count). The molecular weight excluding hydrogens is 256 g/mol. The normalized spacial score (nSPS) is 20.2. The molecule has 0 spiro atoms. The molecular formula is C14H18N4O2. The van der Waals surface area contributed by atoms with Gasteiger partial charge < -0.3 is 20.6 Å². The van der Waals surface area contributed by atoms with Crippen molar-refractivity contribution in [2.45, 2.75) is 31.8 Å². The second kappa shape index (κ2) is 5.13. The van der Waals surface area contributed by atoms with Crippen LogP contribution in [-0.4, -0.2) is 28.5 Å². The summed E-state index contributed by atoms with van der Waals surface area (Å²) in [6, 6.07) is 6.25. The smallest absolute Gasteiger partial charge is 0.323 e. The molecule has 1 amide bonds. The van der Waals surface area contributed by atoms with Crippen LogP contribution in [0.3, 0.4) is 0 Å².